The SMILES string of the molecule is [2H]c1c(-c2c([2H])c([2H])c3c4c([2H])c([2H])c([2H])c([2H])c4c4c([2H])c([2H])c([2H])c([2H])c4c3c2[2H])c([2H])c2c(oc3c([2H])c(-c4nc(-c5ccc6c(c5)oc5ccccc56)nc(-c5cccc6c5-c5ccccc5C6(C)C)n4)c([2H])c([2H])c32)c1[2H]. The molecular weight excluding hydrogens is 795 g/mol. The summed E-state index contributed by atoms with van der Waals surface area (Å²) in [5, 5.41) is -1.31. The van der Waals surface area contributed by atoms with Gasteiger partial charge in [0.15, 0.2) is 17.5 Å². The molecule has 3 aromatic heterocycles. The van der Waals surface area contributed by atoms with Gasteiger partial charge in [0.25, 0.3) is 0 Å². The molecule has 13 aromatic rings. The molecule has 304 valence electrons. The molecule has 0 fully saturated rings. The van der Waals surface area contributed by atoms with E-state index in [9.17, 15) is 12.3 Å². The van der Waals surface area contributed by atoms with E-state index in [0.29, 0.717) is 22.3 Å². The molecule has 0 aliphatic heterocycles. The van der Waals surface area contributed by atoms with Crippen LogP contribution in [0.2, 0.25) is 0 Å². The third kappa shape index (κ3) is 5.30. The van der Waals surface area contributed by atoms with Crippen molar-refractivity contribution in [2.45, 2.75) is 19.3 Å². The number of fused-ring (bicyclic) bond motifs is 15. The van der Waals surface area contributed by atoms with Crippen LogP contribution in [0.1, 0.15) is 48.3 Å². The first-order valence-corrected chi connectivity index (χ1v) is 20.8. The minimum atomic E-state index is -0.826. The van der Waals surface area contributed by atoms with Gasteiger partial charge < -0.3 is 8.83 Å². The van der Waals surface area contributed by atoms with Crippen LogP contribution in [0.3, 0.4) is 0 Å². The van der Waals surface area contributed by atoms with Crippen LogP contribution in [-0.4, -0.2) is 15.0 Å². The van der Waals surface area contributed by atoms with Crippen LogP contribution in [-0.2, 0) is 5.41 Å². The van der Waals surface area contributed by atoms with Gasteiger partial charge in [-0.1, -0.05) is 153 Å². The van der Waals surface area contributed by atoms with E-state index in [1.807, 2.05) is 66.7 Å². The summed E-state index contributed by atoms with van der Waals surface area (Å²) in [6.07, 6.45) is 0. The van der Waals surface area contributed by atoms with Gasteiger partial charge in [0, 0.05) is 43.7 Å². The fraction of sp³-hybridized carbons (Fsp3) is 0.0500. The van der Waals surface area contributed by atoms with Crippen LogP contribution in [0.5, 0.6) is 0 Å². The highest BCUT2D eigenvalue weighted by atomic mass is 16.3. The Bertz CT molecular complexity index is 5140. The maximum atomic E-state index is 9.83. The third-order valence-electron chi connectivity index (χ3n) is 12.5. The molecule has 65 heavy (non-hydrogen) atoms. The summed E-state index contributed by atoms with van der Waals surface area (Å²) < 4.78 is 169. The average Bonchev–Trinajstić information content (AvgIpc) is 1.74. The van der Waals surface area contributed by atoms with E-state index in [-0.39, 0.29) is 55.6 Å². The minimum Gasteiger partial charge on any atom is -0.456 e. The maximum absolute atomic E-state index is 9.83. The van der Waals surface area contributed by atoms with Gasteiger partial charge in [0.2, 0.25) is 0 Å². The van der Waals surface area contributed by atoms with E-state index >= 15 is 0 Å². The average molecular weight is 849 g/mol. The van der Waals surface area contributed by atoms with Gasteiger partial charge in [-0.15, -0.1) is 0 Å². The zero-order valence-electron chi connectivity index (χ0n) is 51.2. The molecule has 5 nitrogen and oxygen atoms in total. The Morgan fingerprint density at radius 1 is 0.385 bits per heavy atom. The summed E-state index contributed by atoms with van der Waals surface area (Å²) in [6.45, 7) is 4.27. The largest absolute Gasteiger partial charge is 0.456 e. The lowest BCUT2D eigenvalue weighted by Gasteiger charge is -2.21. The van der Waals surface area contributed by atoms with Crippen molar-refractivity contribution in [3.05, 3.63) is 199 Å². The normalized spacial score (nSPS) is 16.9. The first-order chi connectivity index (χ1) is 39.1. The van der Waals surface area contributed by atoms with Crippen molar-refractivity contribution >= 4 is 76.2 Å². The smallest absolute Gasteiger partial charge is 0.164 e. The predicted octanol–water partition coefficient (Wildman–Crippen LogP) is 16.1. The molecule has 5 heteroatoms. The highest BCUT2D eigenvalue weighted by molar-refractivity contribution is 6.26. The Morgan fingerprint density at radius 3 is 1.78 bits per heavy atom. The summed E-state index contributed by atoms with van der Waals surface area (Å²) >= 11 is 0. The zero-order valence-corrected chi connectivity index (χ0v) is 34.2. The fourth-order valence-corrected chi connectivity index (χ4v) is 9.45. The van der Waals surface area contributed by atoms with Crippen LogP contribution < -0.4 is 0 Å². The van der Waals surface area contributed by atoms with Gasteiger partial charge in [-0.05, 0) is 114 Å². The van der Waals surface area contributed by atoms with E-state index in [4.69, 9.17) is 34.8 Å². The Morgan fingerprint density at radius 2 is 0.969 bits per heavy atom. The summed E-state index contributed by atoms with van der Waals surface area (Å²) in [5.74, 6) is 0.147. The number of hydrogen-bond donors (Lipinski definition) is 0. The summed E-state index contributed by atoms with van der Waals surface area (Å²) in [6, 6.07) is 15.0. The monoisotopic (exact) mass is 848 g/mol. The standard InChI is InChI=1S/C60H37N3O2/c1-60(2)50-19-9-7-17-46(50)56-47(18-11-20-51(56)60)59-62-57(36-23-27-44-43-16-8-10-21-52(43)64-54(44)32-36)61-58(63-59)37-24-28-45-49-31-35(25-29-53(49)65-55(45)33-37)34-22-26-42-40-14-4-3-12-38(40)39-13-5-6-15-41(39)48(42)30-34/h3-33H,1-2H3/i3D,4D,5D,6D,12D,13D,14D,15D,22D,24D,25D,26D,28D,29D,30D,31D,33D. The minimum absolute atomic E-state index is 0.143. The molecule has 0 atom stereocenters. The molecule has 0 saturated heterocycles. The van der Waals surface area contributed by atoms with Crippen molar-refractivity contribution in [3.63, 3.8) is 0 Å². The van der Waals surface area contributed by atoms with Gasteiger partial charge in [-0.25, -0.2) is 15.0 Å². The molecule has 0 saturated carbocycles. The number of aromatic nitrogens is 3. The van der Waals surface area contributed by atoms with Gasteiger partial charge in [-0.3, -0.25) is 0 Å². The van der Waals surface area contributed by atoms with Crippen LogP contribution in [0.15, 0.2) is 196 Å². The molecule has 0 spiro atoms. The van der Waals surface area contributed by atoms with E-state index in [1.165, 1.54) is 0 Å². The highest BCUT2D eigenvalue weighted by Gasteiger charge is 2.37. The van der Waals surface area contributed by atoms with Crippen LogP contribution in [0.25, 0.3) is 133 Å². The molecule has 10 aromatic carbocycles. The van der Waals surface area contributed by atoms with Gasteiger partial charge in [0.1, 0.15) is 22.3 Å². The molecule has 3 heterocycles. The molecule has 14 rings (SSSR count). The number of benzene rings is 10. The Balaban J connectivity index is 1.04. The van der Waals surface area contributed by atoms with E-state index in [2.05, 4.69) is 26.0 Å². The van der Waals surface area contributed by atoms with Crippen molar-refractivity contribution in [2.24, 2.45) is 0 Å². The lowest BCUT2D eigenvalue weighted by Crippen LogP contribution is -2.14. The van der Waals surface area contributed by atoms with E-state index < -0.39 is 141 Å². The van der Waals surface area contributed by atoms with Crippen molar-refractivity contribution < 1.29 is 32.1 Å². The predicted molar refractivity (Wildman–Crippen MR) is 266 cm³/mol. The molecule has 1 aliphatic carbocycles. The maximum Gasteiger partial charge on any atom is 0.164 e. The van der Waals surface area contributed by atoms with E-state index in [1.54, 1.807) is 6.07 Å². The highest BCUT2D eigenvalue weighted by Crippen LogP contribution is 2.52. The lowest BCUT2D eigenvalue weighted by molar-refractivity contribution is 0.660. The molecule has 0 N–H and O–H groups in total. The number of nitrogens with zero attached hydrogens (tertiary/aromatic N) is 3. The second-order valence-electron chi connectivity index (χ2n) is 16.5. The third-order valence-corrected chi connectivity index (χ3v) is 12.5. The molecule has 0 bridgehead atoms. The first-order valence-electron chi connectivity index (χ1n) is 29.3. The van der Waals surface area contributed by atoms with Crippen molar-refractivity contribution in [1.29, 1.82) is 0 Å². The van der Waals surface area contributed by atoms with E-state index in [0.717, 1.165) is 33.0 Å². The topological polar surface area (TPSA) is 65.0 Å². The Kier molecular flexibility index (Phi) is 4.77. The first kappa shape index (κ1) is 23.3. The Labute approximate surface area is 397 Å². The fourth-order valence-electron chi connectivity index (χ4n) is 9.45. The van der Waals surface area contributed by atoms with Crippen molar-refractivity contribution in [1.82, 2.24) is 15.0 Å². The second-order valence-corrected chi connectivity index (χ2v) is 16.5. The van der Waals surface area contributed by atoms with Crippen LogP contribution in [0.4, 0.5) is 0 Å². The second kappa shape index (κ2) is 13.3. The number of furan rings is 2. The van der Waals surface area contributed by atoms with Gasteiger partial charge in [-0.2, -0.15) is 0 Å². The number of rotatable bonds is 4. The Hall–Kier alpha value is -8.41. The van der Waals surface area contributed by atoms with Gasteiger partial charge >= 0.3 is 0 Å². The van der Waals surface area contributed by atoms with Crippen molar-refractivity contribution in [3.8, 4) is 56.4 Å². The summed E-state index contributed by atoms with van der Waals surface area (Å²) in [4.78, 5) is 15.0. The van der Waals surface area contributed by atoms with Crippen molar-refractivity contribution in [2.75, 3.05) is 0 Å². The number of para-hydroxylation sites is 1. The molecule has 0 unspecified atom stereocenters. The van der Waals surface area contributed by atoms with Gasteiger partial charge in [0.05, 0.1) is 23.3 Å². The lowest BCUT2D eigenvalue weighted by atomic mass is 9.82. The molecule has 0 amide bonds. The zero-order chi connectivity index (χ0) is 57.8. The molecule has 0 radical (unpaired) electrons. The summed E-state index contributed by atoms with van der Waals surface area (Å²) in [7, 11) is 0. The molecule has 1 aliphatic rings. The summed E-state index contributed by atoms with van der Waals surface area (Å²) in [5.41, 5.74) is 3.61. The quantitative estimate of drug-likeness (QED) is 0.165. The molecular formula is C60H37N3O2. The number of hydrogen-bond acceptors (Lipinski definition) is 5. The van der Waals surface area contributed by atoms with Crippen LogP contribution in [0, 0.1) is 0 Å². The van der Waals surface area contributed by atoms with Crippen LogP contribution >= 0.6 is 0 Å².